The first-order valence-electron chi connectivity index (χ1n) is 22.9. The number of ether oxygens (including phenoxy) is 9. The van der Waals surface area contributed by atoms with Crippen molar-refractivity contribution in [2.75, 3.05) is 20.3 Å². The molecule has 0 bridgehead atoms. The van der Waals surface area contributed by atoms with E-state index in [4.69, 9.17) is 54.2 Å². The molecule has 10 atom stereocenters. The van der Waals surface area contributed by atoms with Crippen LogP contribution in [0.3, 0.4) is 0 Å². The Kier molecular flexibility index (Phi) is 18.6. The third-order valence-corrected chi connectivity index (χ3v) is 13.3. The number of halogens is 2. The van der Waals surface area contributed by atoms with Crippen molar-refractivity contribution >= 4 is 34.2 Å². The maximum absolute atomic E-state index is 13.5. The lowest BCUT2D eigenvalue weighted by atomic mass is 9.79. The van der Waals surface area contributed by atoms with E-state index in [2.05, 4.69) is 22.6 Å². The van der Waals surface area contributed by atoms with Crippen LogP contribution < -0.4 is 4.74 Å². The summed E-state index contributed by atoms with van der Waals surface area (Å²) in [7, 11) is 1.61. The Morgan fingerprint density at radius 2 is 0.928 bits per heavy atom. The van der Waals surface area contributed by atoms with Crippen LogP contribution in [0.15, 0.2) is 164 Å². The SMILES string of the molecule is COc1ccc(CO[C@H]2[C@@H](O[C@H]3O[C@H](CO)[C@@H](OCc4ccccc4)[C@@](O)(Cc4ccc(Cl)cc4)[C@H]3OCc3ccc(I)cc3)O[C@H](CO)[C@@H](OCc3ccccc3)[C@@H]2OCc2ccccc2)cc1. The lowest BCUT2D eigenvalue weighted by molar-refractivity contribution is -0.404. The maximum atomic E-state index is 13.5. The number of aliphatic hydroxyl groups is 3. The fourth-order valence-electron chi connectivity index (χ4n) is 8.69. The molecule has 69 heavy (non-hydrogen) atoms. The smallest absolute Gasteiger partial charge is 0.190 e. The van der Waals surface area contributed by atoms with Crippen molar-refractivity contribution in [3.05, 3.63) is 206 Å². The Balaban J connectivity index is 1.19. The molecule has 14 heteroatoms. The van der Waals surface area contributed by atoms with E-state index in [1.165, 1.54) is 0 Å². The van der Waals surface area contributed by atoms with Crippen molar-refractivity contribution < 1.29 is 58.0 Å². The standard InChI is InChI=1S/C55H58ClIO12/c1-61-45-27-21-42(22-28-45)34-64-50-49(63-33-39-13-7-3-8-14-39)48(62-32-38-11-5-2-6-12-38)46(30-58)67-53(50)69-54-52(66-36-41-19-25-44(57)26-20-41)55(60,29-37-17-23-43(56)24-18-37)51(47(31-59)68-54)65-35-40-15-9-4-10-16-40/h2-28,46-54,58-60H,29-36H2,1H3/t46-,47-,48-,49+,50-,51-,52+,53-,54-,55+/m1/s1. The number of methoxy groups -OCH3 is 1. The number of hydrogen-bond acceptors (Lipinski definition) is 12. The molecule has 3 N–H and O–H groups in total. The molecule has 0 aliphatic carbocycles. The van der Waals surface area contributed by atoms with E-state index in [-0.39, 0.29) is 39.5 Å². The monoisotopic (exact) mass is 1070 g/mol. The van der Waals surface area contributed by atoms with Gasteiger partial charge in [0.2, 0.25) is 0 Å². The lowest BCUT2D eigenvalue weighted by Crippen LogP contribution is -2.71. The minimum absolute atomic E-state index is 0.0128. The first-order valence-corrected chi connectivity index (χ1v) is 24.4. The highest BCUT2D eigenvalue weighted by atomic mass is 127. The predicted molar refractivity (Wildman–Crippen MR) is 267 cm³/mol. The van der Waals surface area contributed by atoms with Gasteiger partial charge in [-0.25, -0.2) is 0 Å². The van der Waals surface area contributed by atoms with Crippen molar-refractivity contribution in [2.45, 2.75) is 100 Å². The fourth-order valence-corrected chi connectivity index (χ4v) is 9.18. The van der Waals surface area contributed by atoms with Crippen LogP contribution in [-0.4, -0.2) is 96.6 Å². The van der Waals surface area contributed by atoms with E-state index >= 15 is 0 Å². The van der Waals surface area contributed by atoms with Crippen molar-refractivity contribution in [3.63, 3.8) is 0 Å². The van der Waals surface area contributed by atoms with Crippen LogP contribution in [0.1, 0.15) is 33.4 Å². The van der Waals surface area contributed by atoms with Gasteiger partial charge in [0.15, 0.2) is 12.6 Å². The summed E-state index contributed by atoms with van der Waals surface area (Å²) >= 11 is 8.61. The van der Waals surface area contributed by atoms with Crippen LogP contribution in [0.5, 0.6) is 5.75 Å². The zero-order chi connectivity index (χ0) is 48.0. The first-order chi connectivity index (χ1) is 33.7. The topological polar surface area (TPSA) is 144 Å². The van der Waals surface area contributed by atoms with E-state index in [9.17, 15) is 15.3 Å². The van der Waals surface area contributed by atoms with Crippen molar-refractivity contribution in [1.29, 1.82) is 0 Å². The van der Waals surface area contributed by atoms with Gasteiger partial charge < -0.3 is 58.0 Å². The second-order valence-corrected chi connectivity index (χ2v) is 18.8. The van der Waals surface area contributed by atoms with Gasteiger partial charge in [-0.1, -0.05) is 139 Å². The molecular formula is C55H58ClIO12. The number of hydrogen-bond donors (Lipinski definition) is 3. The van der Waals surface area contributed by atoms with Crippen molar-refractivity contribution in [2.24, 2.45) is 0 Å². The Labute approximate surface area is 422 Å². The Hall–Kier alpha value is -4.30. The average molecular weight is 1070 g/mol. The van der Waals surface area contributed by atoms with Gasteiger partial charge in [-0.2, -0.15) is 0 Å². The van der Waals surface area contributed by atoms with Gasteiger partial charge in [0.25, 0.3) is 0 Å². The summed E-state index contributed by atoms with van der Waals surface area (Å²) in [5.74, 6) is 0.687. The first kappa shape index (κ1) is 51.1. The Bertz CT molecular complexity index is 2420. The Morgan fingerprint density at radius 3 is 1.45 bits per heavy atom. The summed E-state index contributed by atoms with van der Waals surface area (Å²) in [6.07, 6.45) is -10.1. The van der Waals surface area contributed by atoms with Crippen LogP contribution in [-0.2, 0) is 77.4 Å². The van der Waals surface area contributed by atoms with Gasteiger partial charge in [0.1, 0.15) is 54.1 Å². The van der Waals surface area contributed by atoms with E-state index in [0.29, 0.717) is 10.8 Å². The van der Waals surface area contributed by atoms with Gasteiger partial charge >= 0.3 is 0 Å². The lowest BCUT2D eigenvalue weighted by Gasteiger charge is -2.53. The molecule has 364 valence electrons. The van der Waals surface area contributed by atoms with Gasteiger partial charge in [-0.3, -0.25) is 0 Å². The molecule has 2 heterocycles. The summed E-state index contributed by atoms with van der Waals surface area (Å²) < 4.78 is 60.7. The highest BCUT2D eigenvalue weighted by Crippen LogP contribution is 2.41. The van der Waals surface area contributed by atoms with E-state index in [0.717, 1.165) is 37.0 Å². The van der Waals surface area contributed by atoms with Gasteiger partial charge in [0.05, 0.1) is 53.4 Å². The highest BCUT2D eigenvalue weighted by molar-refractivity contribution is 14.1. The average Bonchev–Trinajstić information content (AvgIpc) is 3.38. The van der Waals surface area contributed by atoms with Gasteiger partial charge in [0, 0.05) is 15.0 Å². The second kappa shape index (κ2) is 25.2. The molecule has 0 radical (unpaired) electrons. The molecule has 2 aliphatic rings. The Morgan fingerprint density at radius 1 is 0.493 bits per heavy atom. The molecule has 12 nitrogen and oxygen atoms in total. The molecule has 0 saturated carbocycles. The molecule has 0 aromatic heterocycles. The number of aliphatic hydroxyl groups excluding tert-OH is 2. The highest BCUT2D eigenvalue weighted by Gasteiger charge is 2.60. The third-order valence-electron chi connectivity index (χ3n) is 12.3. The second-order valence-electron chi connectivity index (χ2n) is 17.1. The zero-order valence-electron chi connectivity index (χ0n) is 38.2. The molecule has 0 spiro atoms. The number of rotatable bonds is 22. The fraction of sp³-hybridized carbons (Fsp3) is 0.345. The van der Waals surface area contributed by atoms with E-state index < -0.39 is 74.1 Å². The number of benzene rings is 6. The molecule has 0 amide bonds. The molecule has 6 aromatic rings. The molecule has 8 rings (SSSR count). The summed E-state index contributed by atoms with van der Waals surface area (Å²) in [4.78, 5) is 0. The maximum Gasteiger partial charge on any atom is 0.190 e. The third kappa shape index (κ3) is 13.6. The quantitative estimate of drug-likeness (QED) is 0.0561. The molecule has 6 aromatic carbocycles. The largest absolute Gasteiger partial charge is 0.497 e. The van der Waals surface area contributed by atoms with Crippen molar-refractivity contribution in [1.82, 2.24) is 0 Å². The van der Waals surface area contributed by atoms with E-state index in [1.807, 2.05) is 152 Å². The molecular weight excluding hydrogens is 1010 g/mol. The van der Waals surface area contributed by atoms with Gasteiger partial charge in [-0.05, 0) is 92.4 Å². The molecule has 2 fully saturated rings. The van der Waals surface area contributed by atoms with Crippen LogP contribution >= 0.6 is 34.2 Å². The summed E-state index contributed by atoms with van der Waals surface area (Å²) in [6.45, 7) is -0.433. The minimum atomic E-state index is -1.92. The van der Waals surface area contributed by atoms with Crippen LogP contribution in [0.4, 0.5) is 0 Å². The van der Waals surface area contributed by atoms with Crippen molar-refractivity contribution in [3.8, 4) is 5.75 Å². The minimum Gasteiger partial charge on any atom is -0.497 e. The zero-order valence-corrected chi connectivity index (χ0v) is 41.1. The normalized spacial score (nSPS) is 25.9. The summed E-state index contributed by atoms with van der Waals surface area (Å²) in [6, 6.07) is 51.5. The molecule has 2 aliphatic heterocycles. The van der Waals surface area contributed by atoms with E-state index in [1.54, 1.807) is 19.2 Å². The van der Waals surface area contributed by atoms with Crippen LogP contribution in [0, 0.1) is 3.57 Å². The van der Waals surface area contributed by atoms with Crippen LogP contribution in [0.2, 0.25) is 5.02 Å². The predicted octanol–water partition coefficient (Wildman–Crippen LogP) is 8.60. The molecule has 0 unspecified atom stereocenters. The van der Waals surface area contributed by atoms with Crippen LogP contribution in [0.25, 0.3) is 0 Å². The summed E-state index contributed by atoms with van der Waals surface area (Å²) in [5, 5.41) is 36.3. The summed E-state index contributed by atoms with van der Waals surface area (Å²) in [5.41, 5.74) is 3.12. The molecule has 2 saturated heterocycles. The van der Waals surface area contributed by atoms with Gasteiger partial charge in [-0.15, -0.1) is 0 Å².